The van der Waals surface area contributed by atoms with E-state index in [-0.39, 0.29) is 18.0 Å². The van der Waals surface area contributed by atoms with E-state index in [9.17, 15) is 13.6 Å². The van der Waals surface area contributed by atoms with Gasteiger partial charge in [0.1, 0.15) is 5.82 Å². The Hall–Kier alpha value is -3.07. The van der Waals surface area contributed by atoms with Gasteiger partial charge in [0.05, 0.1) is 10.9 Å². The van der Waals surface area contributed by atoms with Gasteiger partial charge in [-0.15, -0.1) is 0 Å². The molecule has 1 amide bonds. The number of fused-ring (bicyclic) bond motifs is 1. The van der Waals surface area contributed by atoms with Crippen LogP contribution in [0.5, 0.6) is 0 Å². The Balaban J connectivity index is 1.50. The third kappa shape index (κ3) is 3.79. The summed E-state index contributed by atoms with van der Waals surface area (Å²) in [6.45, 7) is 0.0608. The lowest BCUT2D eigenvalue weighted by Crippen LogP contribution is -2.07. The number of aromatic nitrogens is 2. The molecule has 142 valence electrons. The minimum atomic E-state index is -0.895. The van der Waals surface area contributed by atoms with Gasteiger partial charge in [0.2, 0.25) is 11.9 Å². The molecule has 0 spiro atoms. The van der Waals surface area contributed by atoms with Crippen molar-refractivity contribution in [3.8, 4) is 0 Å². The molecule has 6 nitrogen and oxygen atoms in total. The van der Waals surface area contributed by atoms with E-state index < -0.39 is 11.6 Å². The van der Waals surface area contributed by atoms with Gasteiger partial charge in [-0.1, -0.05) is 12.1 Å². The Morgan fingerprint density at radius 2 is 2.07 bits per heavy atom. The Morgan fingerprint density at radius 1 is 1.21 bits per heavy atom. The lowest BCUT2D eigenvalue weighted by molar-refractivity contribution is -0.115. The molecule has 0 saturated heterocycles. The molecule has 0 saturated carbocycles. The monoisotopic (exact) mass is 445 g/mol. The summed E-state index contributed by atoms with van der Waals surface area (Å²) in [6, 6.07) is 9.50. The molecule has 9 heteroatoms. The maximum Gasteiger partial charge on any atom is 0.229 e. The van der Waals surface area contributed by atoms with Crippen molar-refractivity contribution >= 4 is 45.0 Å². The van der Waals surface area contributed by atoms with Crippen LogP contribution in [0.2, 0.25) is 0 Å². The van der Waals surface area contributed by atoms with Crippen LogP contribution in [-0.2, 0) is 17.8 Å². The highest BCUT2D eigenvalue weighted by Gasteiger charge is 2.17. The van der Waals surface area contributed by atoms with Crippen molar-refractivity contribution in [2.75, 3.05) is 16.0 Å². The summed E-state index contributed by atoms with van der Waals surface area (Å²) < 4.78 is 27.7. The number of nitrogens with zero attached hydrogens (tertiary/aromatic N) is 2. The van der Waals surface area contributed by atoms with Crippen LogP contribution in [-0.4, -0.2) is 15.9 Å². The predicted molar refractivity (Wildman–Crippen MR) is 105 cm³/mol. The molecular weight excluding hydrogens is 432 g/mol. The van der Waals surface area contributed by atoms with Gasteiger partial charge < -0.3 is 16.0 Å². The SMILES string of the molecule is O=C1Cc2cc(Nc3ncc(Br)c(NCc4cccc(F)c4F)n3)ccc2N1. The lowest BCUT2D eigenvalue weighted by Gasteiger charge is -2.11. The van der Waals surface area contributed by atoms with Gasteiger partial charge >= 0.3 is 0 Å². The van der Waals surface area contributed by atoms with Crippen LogP contribution in [0.3, 0.4) is 0 Å². The van der Waals surface area contributed by atoms with Crippen molar-refractivity contribution in [3.05, 3.63) is 69.8 Å². The van der Waals surface area contributed by atoms with E-state index in [4.69, 9.17) is 0 Å². The summed E-state index contributed by atoms with van der Waals surface area (Å²) in [5.74, 6) is -1.07. The number of hydrogen-bond acceptors (Lipinski definition) is 5. The minimum Gasteiger partial charge on any atom is -0.365 e. The number of rotatable bonds is 5. The zero-order chi connectivity index (χ0) is 19.7. The number of hydrogen-bond donors (Lipinski definition) is 3. The van der Waals surface area contributed by atoms with E-state index in [1.54, 1.807) is 6.20 Å². The summed E-state index contributed by atoms with van der Waals surface area (Å²) in [5.41, 5.74) is 2.62. The highest BCUT2D eigenvalue weighted by atomic mass is 79.9. The Bertz CT molecular complexity index is 1080. The first-order chi connectivity index (χ1) is 13.5. The van der Waals surface area contributed by atoms with Crippen molar-refractivity contribution < 1.29 is 13.6 Å². The van der Waals surface area contributed by atoms with E-state index in [0.717, 1.165) is 23.0 Å². The van der Waals surface area contributed by atoms with Gasteiger partial charge in [-0.25, -0.2) is 13.8 Å². The van der Waals surface area contributed by atoms with E-state index in [1.807, 2.05) is 18.2 Å². The van der Waals surface area contributed by atoms with Crippen molar-refractivity contribution in [2.45, 2.75) is 13.0 Å². The van der Waals surface area contributed by atoms with Crippen molar-refractivity contribution in [1.82, 2.24) is 9.97 Å². The molecule has 0 unspecified atom stereocenters. The molecule has 0 fully saturated rings. The second kappa shape index (κ2) is 7.51. The number of carbonyl (C=O) groups excluding carboxylic acids is 1. The molecule has 4 rings (SSSR count). The van der Waals surface area contributed by atoms with Crippen LogP contribution in [0.25, 0.3) is 0 Å². The second-order valence-electron chi connectivity index (χ2n) is 6.18. The summed E-state index contributed by atoms with van der Waals surface area (Å²) in [7, 11) is 0. The fourth-order valence-corrected chi connectivity index (χ4v) is 3.18. The van der Waals surface area contributed by atoms with Crippen LogP contribution in [0.4, 0.5) is 31.9 Å². The first-order valence-electron chi connectivity index (χ1n) is 8.39. The average Bonchev–Trinajstić information content (AvgIpc) is 3.04. The summed E-state index contributed by atoms with van der Waals surface area (Å²) in [4.78, 5) is 20.0. The number of amides is 1. The fraction of sp³-hybridized carbons (Fsp3) is 0.105. The maximum absolute atomic E-state index is 13.8. The summed E-state index contributed by atoms with van der Waals surface area (Å²) >= 11 is 3.34. The molecule has 1 aliphatic heterocycles. The minimum absolute atomic E-state index is 0.0388. The topological polar surface area (TPSA) is 78.9 Å². The molecule has 3 N–H and O–H groups in total. The first kappa shape index (κ1) is 18.3. The highest BCUT2D eigenvalue weighted by Crippen LogP contribution is 2.28. The molecule has 1 aliphatic rings. The Labute approximate surface area is 167 Å². The Morgan fingerprint density at radius 3 is 2.93 bits per heavy atom. The summed E-state index contributed by atoms with van der Waals surface area (Å²) in [5, 5.41) is 8.82. The van der Waals surface area contributed by atoms with Crippen molar-refractivity contribution in [3.63, 3.8) is 0 Å². The molecule has 3 aromatic rings. The molecule has 0 radical (unpaired) electrons. The maximum atomic E-state index is 13.8. The third-order valence-electron chi connectivity index (χ3n) is 4.21. The third-order valence-corrected chi connectivity index (χ3v) is 4.79. The van der Waals surface area contributed by atoms with E-state index >= 15 is 0 Å². The molecule has 0 atom stereocenters. The number of nitrogens with one attached hydrogen (secondary N) is 3. The normalized spacial score (nSPS) is 12.5. The number of anilines is 4. The van der Waals surface area contributed by atoms with Gasteiger partial charge in [-0.2, -0.15) is 4.98 Å². The van der Waals surface area contributed by atoms with Gasteiger partial charge in [0, 0.05) is 29.7 Å². The number of halogens is 3. The standard InChI is InChI=1S/C19H14BrF2N5O/c20-13-9-24-19(25-12-4-5-15-11(6-12)7-16(28)26-15)27-18(13)23-8-10-2-1-3-14(21)17(10)22/h1-6,9H,7-8H2,(H,26,28)(H2,23,24,25,27). The smallest absolute Gasteiger partial charge is 0.229 e. The van der Waals surface area contributed by atoms with E-state index in [2.05, 4.69) is 41.8 Å². The highest BCUT2D eigenvalue weighted by molar-refractivity contribution is 9.10. The molecule has 2 heterocycles. The van der Waals surface area contributed by atoms with Crippen LogP contribution in [0.15, 0.2) is 47.1 Å². The fourth-order valence-electron chi connectivity index (χ4n) is 2.85. The predicted octanol–water partition coefficient (Wildman–Crippen LogP) is 4.37. The first-order valence-corrected chi connectivity index (χ1v) is 9.18. The van der Waals surface area contributed by atoms with E-state index in [1.165, 1.54) is 12.1 Å². The van der Waals surface area contributed by atoms with E-state index in [0.29, 0.717) is 22.7 Å². The van der Waals surface area contributed by atoms with Gasteiger partial charge in [0.25, 0.3) is 0 Å². The molecule has 28 heavy (non-hydrogen) atoms. The quantitative estimate of drug-likeness (QED) is 0.543. The second-order valence-corrected chi connectivity index (χ2v) is 7.03. The van der Waals surface area contributed by atoms with Gasteiger partial charge in [-0.05, 0) is 45.8 Å². The van der Waals surface area contributed by atoms with Crippen LogP contribution in [0.1, 0.15) is 11.1 Å². The zero-order valence-electron chi connectivity index (χ0n) is 14.4. The van der Waals surface area contributed by atoms with Crippen molar-refractivity contribution in [2.24, 2.45) is 0 Å². The van der Waals surface area contributed by atoms with Crippen LogP contribution in [0, 0.1) is 11.6 Å². The largest absolute Gasteiger partial charge is 0.365 e. The van der Waals surface area contributed by atoms with Crippen molar-refractivity contribution in [1.29, 1.82) is 0 Å². The number of benzene rings is 2. The van der Waals surface area contributed by atoms with Gasteiger partial charge in [0.15, 0.2) is 11.6 Å². The zero-order valence-corrected chi connectivity index (χ0v) is 16.0. The van der Waals surface area contributed by atoms with Gasteiger partial charge in [-0.3, -0.25) is 4.79 Å². The average molecular weight is 446 g/mol. The van der Waals surface area contributed by atoms with Crippen LogP contribution >= 0.6 is 15.9 Å². The molecule has 0 aliphatic carbocycles. The lowest BCUT2D eigenvalue weighted by atomic mass is 10.1. The molecule has 1 aromatic heterocycles. The summed E-state index contributed by atoms with van der Waals surface area (Å²) in [6.07, 6.45) is 1.89. The molecule has 0 bridgehead atoms. The van der Waals surface area contributed by atoms with Crippen LogP contribution < -0.4 is 16.0 Å². The number of carbonyl (C=O) groups is 1. The molecule has 2 aromatic carbocycles. The molecular formula is C19H14BrF2N5O. The Kier molecular flexibility index (Phi) is 4.91.